The van der Waals surface area contributed by atoms with Crippen LogP contribution in [0, 0.1) is 5.92 Å². The molecular formula is C12H24N4O3S. The number of amides is 1. The molecule has 2 aliphatic rings. The van der Waals surface area contributed by atoms with Gasteiger partial charge in [0.25, 0.3) is 0 Å². The van der Waals surface area contributed by atoms with E-state index in [1.54, 1.807) is 4.90 Å². The summed E-state index contributed by atoms with van der Waals surface area (Å²) >= 11 is 0. The summed E-state index contributed by atoms with van der Waals surface area (Å²) in [7, 11) is -3.14. The Morgan fingerprint density at radius 2 is 1.85 bits per heavy atom. The average Bonchev–Trinajstić information content (AvgIpc) is 2.85. The van der Waals surface area contributed by atoms with Gasteiger partial charge in [-0.15, -0.1) is 0 Å². The Labute approximate surface area is 120 Å². The normalized spacial score (nSPS) is 26.1. The summed E-state index contributed by atoms with van der Waals surface area (Å²) in [5.41, 5.74) is 5.64. The Kier molecular flexibility index (Phi) is 5.00. The van der Waals surface area contributed by atoms with Gasteiger partial charge < -0.3 is 10.6 Å². The monoisotopic (exact) mass is 304 g/mol. The van der Waals surface area contributed by atoms with Crippen molar-refractivity contribution in [2.24, 2.45) is 11.7 Å². The molecule has 0 spiro atoms. The van der Waals surface area contributed by atoms with E-state index < -0.39 is 10.0 Å². The molecule has 2 heterocycles. The third kappa shape index (κ3) is 3.91. The number of hydrogen-bond acceptors (Lipinski definition) is 5. The summed E-state index contributed by atoms with van der Waals surface area (Å²) in [6.07, 6.45) is 2.27. The van der Waals surface area contributed by atoms with Crippen molar-refractivity contribution in [3.05, 3.63) is 0 Å². The summed E-state index contributed by atoms with van der Waals surface area (Å²) in [4.78, 5) is 16.1. The van der Waals surface area contributed by atoms with Gasteiger partial charge in [-0.05, 0) is 25.4 Å². The van der Waals surface area contributed by atoms with E-state index in [9.17, 15) is 13.2 Å². The summed E-state index contributed by atoms with van der Waals surface area (Å²) < 4.78 is 24.3. The molecule has 0 aromatic heterocycles. The molecule has 2 rings (SSSR count). The third-order valence-electron chi connectivity index (χ3n) is 4.12. The van der Waals surface area contributed by atoms with Crippen LogP contribution in [-0.4, -0.2) is 87.0 Å². The molecule has 2 fully saturated rings. The molecule has 2 N–H and O–H groups in total. The molecule has 0 aliphatic carbocycles. The van der Waals surface area contributed by atoms with Crippen LogP contribution in [0.1, 0.15) is 6.42 Å². The summed E-state index contributed by atoms with van der Waals surface area (Å²) in [5, 5.41) is 0. The first kappa shape index (κ1) is 15.7. The number of nitrogens with zero attached hydrogens (tertiary/aromatic N) is 3. The van der Waals surface area contributed by atoms with E-state index in [1.165, 1.54) is 10.6 Å². The molecule has 7 nitrogen and oxygen atoms in total. The number of piperazine rings is 1. The van der Waals surface area contributed by atoms with E-state index in [2.05, 4.69) is 4.90 Å². The van der Waals surface area contributed by atoms with Crippen LogP contribution in [0.15, 0.2) is 0 Å². The number of carbonyl (C=O) groups is 1. The largest absolute Gasteiger partial charge is 0.339 e. The minimum Gasteiger partial charge on any atom is -0.339 e. The fourth-order valence-electron chi connectivity index (χ4n) is 2.81. The van der Waals surface area contributed by atoms with E-state index in [0.29, 0.717) is 45.2 Å². The second-order valence-electron chi connectivity index (χ2n) is 5.67. The van der Waals surface area contributed by atoms with Gasteiger partial charge in [0.2, 0.25) is 15.9 Å². The van der Waals surface area contributed by atoms with Crippen molar-refractivity contribution in [1.29, 1.82) is 0 Å². The molecule has 1 atom stereocenters. The van der Waals surface area contributed by atoms with Gasteiger partial charge in [0.05, 0.1) is 12.8 Å². The van der Waals surface area contributed by atoms with Gasteiger partial charge in [0, 0.05) is 32.7 Å². The molecular weight excluding hydrogens is 280 g/mol. The molecule has 0 saturated carbocycles. The SMILES string of the molecule is CS(=O)(=O)N1CCN(C(=O)CN2CCC(CN)C2)CC1. The maximum Gasteiger partial charge on any atom is 0.236 e. The van der Waals surface area contributed by atoms with Crippen molar-refractivity contribution in [2.75, 3.05) is 58.6 Å². The highest BCUT2D eigenvalue weighted by atomic mass is 32.2. The second kappa shape index (κ2) is 6.38. The molecule has 20 heavy (non-hydrogen) atoms. The zero-order valence-corrected chi connectivity index (χ0v) is 12.8. The molecule has 1 amide bonds. The first-order valence-electron chi connectivity index (χ1n) is 7.05. The van der Waals surface area contributed by atoms with Crippen LogP contribution in [0.2, 0.25) is 0 Å². The number of carbonyl (C=O) groups excluding carboxylic acids is 1. The lowest BCUT2D eigenvalue weighted by Crippen LogP contribution is -2.52. The highest BCUT2D eigenvalue weighted by Crippen LogP contribution is 2.15. The fraction of sp³-hybridized carbons (Fsp3) is 0.917. The first-order chi connectivity index (χ1) is 9.40. The minimum absolute atomic E-state index is 0.0934. The van der Waals surface area contributed by atoms with Crippen LogP contribution in [0.25, 0.3) is 0 Å². The summed E-state index contributed by atoms with van der Waals surface area (Å²) in [5.74, 6) is 0.598. The Bertz CT molecular complexity index is 446. The zero-order valence-electron chi connectivity index (χ0n) is 12.0. The van der Waals surface area contributed by atoms with Crippen LogP contribution in [0.5, 0.6) is 0 Å². The van der Waals surface area contributed by atoms with Crippen LogP contribution in [-0.2, 0) is 14.8 Å². The highest BCUT2D eigenvalue weighted by molar-refractivity contribution is 7.88. The van der Waals surface area contributed by atoms with E-state index in [-0.39, 0.29) is 5.91 Å². The molecule has 1 unspecified atom stereocenters. The lowest BCUT2D eigenvalue weighted by Gasteiger charge is -2.34. The Morgan fingerprint density at radius 1 is 1.20 bits per heavy atom. The predicted octanol–water partition coefficient (Wildman–Crippen LogP) is -1.63. The van der Waals surface area contributed by atoms with Gasteiger partial charge in [-0.1, -0.05) is 0 Å². The molecule has 116 valence electrons. The van der Waals surface area contributed by atoms with Crippen molar-refractivity contribution in [1.82, 2.24) is 14.1 Å². The second-order valence-corrected chi connectivity index (χ2v) is 7.65. The van der Waals surface area contributed by atoms with Gasteiger partial charge in [-0.2, -0.15) is 4.31 Å². The van der Waals surface area contributed by atoms with Gasteiger partial charge >= 0.3 is 0 Å². The third-order valence-corrected chi connectivity index (χ3v) is 5.43. The van der Waals surface area contributed by atoms with Crippen molar-refractivity contribution >= 4 is 15.9 Å². The zero-order chi connectivity index (χ0) is 14.8. The van der Waals surface area contributed by atoms with Crippen LogP contribution in [0.4, 0.5) is 0 Å². The first-order valence-corrected chi connectivity index (χ1v) is 8.90. The molecule has 2 saturated heterocycles. The molecule has 0 aromatic carbocycles. The molecule has 8 heteroatoms. The van der Waals surface area contributed by atoms with Gasteiger partial charge in [-0.3, -0.25) is 9.69 Å². The van der Waals surface area contributed by atoms with Crippen molar-refractivity contribution in [3.8, 4) is 0 Å². The number of likely N-dealkylation sites (tertiary alicyclic amines) is 1. The predicted molar refractivity (Wildman–Crippen MR) is 76.6 cm³/mol. The van der Waals surface area contributed by atoms with Crippen LogP contribution >= 0.6 is 0 Å². The molecule has 0 aromatic rings. The Hall–Kier alpha value is -0.700. The number of sulfonamides is 1. The van der Waals surface area contributed by atoms with E-state index in [4.69, 9.17) is 5.73 Å². The molecule has 0 bridgehead atoms. The number of nitrogens with two attached hydrogens (primary N) is 1. The highest BCUT2D eigenvalue weighted by Gasteiger charge is 2.28. The standard InChI is InChI=1S/C12H24N4O3S/c1-20(18,19)16-6-4-15(5-7-16)12(17)10-14-3-2-11(8-13)9-14/h11H,2-10,13H2,1H3. The topological polar surface area (TPSA) is 87.0 Å². The number of rotatable bonds is 4. The summed E-state index contributed by atoms with van der Waals surface area (Å²) in [6, 6.07) is 0. The Balaban J connectivity index is 1.78. The average molecular weight is 304 g/mol. The summed E-state index contributed by atoms with van der Waals surface area (Å²) in [6.45, 7) is 4.70. The van der Waals surface area contributed by atoms with Gasteiger partial charge in [-0.25, -0.2) is 8.42 Å². The molecule has 0 radical (unpaired) electrons. The maximum atomic E-state index is 12.2. The molecule has 2 aliphatic heterocycles. The van der Waals surface area contributed by atoms with Crippen molar-refractivity contribution in [3.63, 3.8) is 0 Å². The van der Waals surface area contributed by atoms with Crippen molar-refractivity contribution < 1.29 is 13.2 Å². The minimum atomic E-state index is -3.14. The van der Waals surface area contributed by atoms with Gasteiger partial charge in [0.1, 0.15) is 0 Å². The quantitative estimate of drug-likeness (QED) is 0.674. The van der Waals surface area contributed by atoms with Gasteiger partial charge in [0.15, 0.2) is 0 Å². The lowest BCUT2D eigenvalue weighted by atomic mass is 10.1. The Morgan fingerprint density at radius 3 is 2.35 bits per heavy atom. The smallest absolute Gasteiger partial charge is 0.236 e. The van der Waals surface area contributed by atoms with Crippen molar-refractivity contribution in [2.45, 2.75) is 6.42 Å². The fourth-order valence-corrected chi connectivity index (χ4v) is 3.64. The van der Waals surface area contributed by atoms with Crippen LogP contribution < -0.4 is 5.73 Å². The number of hydrogen-bond donors (Lipinski definition) is 1. The van der Waals surface area contributed by atoms with E-state index in [0.717, 1.165) is 19.5 Å². The van der Waals surface area contributed by atoms with E-state index >= 15 is 0 Å². The van der Waals surface area contributed by atoms with Crippen LogP contribution in [0.3, 0.4) is 0 Å². The lowest BCUT2D eigenvalue weighted by molar-refractivity contribution is -0.133. The maximum absolute atomic E-state index is 12.2. The van der Waals surface area contributed by atoms with E-state index in [1.807, 2.05) is 0 Å².